The van der Waals surface area contributed by atoms with Gasteiger partial charge in [-0.15, -0.1) is 0 Å². The van der Waals surface area contributed by atoms with Gasteiger partial charge in [0.05, 0.1) is 0 Å². The standard InChI is InChI=1S/C30H25N/c1-22-18-19-29(31(22)2)30-27(24-14-8-4-9-15-24)20-26(23-12-6-3-7-13-23)21-28(30)25-16-10-5-11-17-25/h3-21H,1-2H3. The van der Waals surface area contributed by atoms with E-state index in [1.54, 1.807) is 0 Å². The zero-order chi connectivity index (χ0) is 21.2. The van der Waals surface area contributed by atoms with Crippen LogP contribution in [0.25, 0.3) is 44.6 Å². The van der Waals surface area contributed by atoms with Crippen LogP contribution in [-0.2, 0) is 7.05 Å². The zero-order valence-electron chi connectivity index (χ0n) is 17.9. The van der Waals surface area contributed by atoms with Gasteiger partial charge in [-0.2, -0.15) is 0 Å². The Labute approximate surface area is 184 Å². The lowest BCUT2D eigenvalue weighted by atomic mass is 9.86. The molecule has 4 aromatic carbocycles. The smallest absolute Gasteiger partial charge is 0.0492 e. The maximum Gasteiger partial charge on any atom is 0.0492 e. The molecule has 0 unspecified atom stereocenters. The lowest BCUT2D eigenvalue weighted by molar-refractivity contribution is 0.891. The summed E-state index contributed by atoms with van der Waals surface area (Å²) in [6.45, 7) is 2.16. The molecule has 150 valence electrons. The number of aromatic nitrogens is 1. The second-order valence-corrected chi connectivity index (χ2v) is 7.96. The molecule has 31 heavy (non-hydrogen) atoms. The first-order chi connectivity index (χ1) is 15.2. The summed E-state index contributed by atoms with van der Waals surface area (Å²) < 4.78 is 2.29. The second-order valence-electron chi connectivity index (χ2n) is 7.96. The van der Waals surface area contributed by atoms with E-state index in [4.69, 9.17) is 0 Å². The molecule has 0 amide bonds. The molecular formula is C30H25N. The van der Waals surface area contributed by atoms with Gasteiger partial charge in [-0.05, 0) is 64.6 Å². The highest BCUT2D eigenvalue weighted by Gasteiger charge is 2.19. The molecule has 0 atom stereocenters. The number of hydrogen-bond donors (Lipinski definition) is 0. The van der Waals surface area contributed by atoms with Crippen molar-refractivity contribution in [1.82, 2.24) is 4.57 Å². The van der Waals surface area contributed by atoms with E-state index in [1.807, 2.05) is 0 Å². The lowest BCUT2D eigenvalue weighted by Gasteiger charge is -2.19. The maximum atomic E-state index is 2.34. The monoisotopic (exact) mass is 399 g/mol. The number of rotatable bonds is 4. The number of hydrogen-bond acceptors (Lipinski definition) is 0. The van der Waals surface area contributed by atoms with Gasteiger partial charge in [-0.1, -0.05) is 91.0 Å². The van der Waals surface area contributed by atoms with Gasteiger partial charge in [0.2, 0.25) is 0 Å². The van der Waals surface area contributed by atoms with Crippen molar-refractivity contribution < 1.29 is 0 Å². The fraction of sp³-hybridized carbons (Fsp3) is 0.0667. The van der Waals surface area contributed by atoms with E-state index in [-0.39, 0.29) is 0 Å². The van der Waals surface area contributed by atoms with Crippen LogP contribution in [-0.4, -0.2) is 4.57 Å². The Morgan fingerprint density at radius 3 is 1.35 bits per heavy atom. The van der Waals surface area contributed by atoms with Crippen LogP contribution >= 0.6 is 0 Å². The average Bonchev–Trinajstić information content (AvgIpc) is 3.17. The van der Waals surface area contributed by atoms with Gasteiger partial charge >= 0.3 is 0 Å². The van der Waals surface area contributed by atoms with Gasteiger partial charge in [-0.3, -0.25) is 0 Å². The minimum Gasteiger partial charge on any atom is -0.348 e. The molecule has 0 aliphatic rings. The fourth-order valence-electron chi connectivity index (χ4n) is 4.27. The van der Waals surface area contributed by atoms with Gasteiger partial charge in [0, 0.05) is 24.0 Å². The summed E-state index contributed by atoms with van der Waals surface area (Å²) in [7, 11) is 2.15. The normalized spacial score (nSPS) is 10.9. The Bertz CT molecular complexity index is 1250. The first-order valence-electron chi connectivity index (χ1n) is 10.7. The third kappa shape index (κ3) is 3.60. The zero-order valence-corrected chi connectivity index (χ0v) is 17.9. The minimum absolute atomic E-state index is 1.23. The van der Waals surface area contributed by atoms with Crippen molar-refractivity contribution in [2.45, 2.75) is 6.92 Å². The van der Waals surface area contributed by atoms with Gasteiger partial charge < -0.3 is 4.57 Å². The van der Waals surface area contributed by atoms with Crippen LogP contribution in [0.15, 0.2) is 115 Å². The molecule has 0 bridgehead atoms. The molecule has 0 radical (unpaired) electrons. The number of nitrogens with zero attached hydrogens (tertiary/aromatic N) is 1. The van der Waals surface area contributed by atoms with E-state index >= 15 is 0 Å². The summed E-state index contributed by atoms with van der Waals surface area (Å²) in [6.07, 6.45) is 0. The van der Waals surface area contributed by atoms with Gasteiger partial charge in [-0.25, -0.2) is 0 Å². The summed E-state index contributed by atoms with van der Waals surface area (Å²) in [5.41, 5.74) is 11.2. The van der Waals surface area contributed by atoms with E-state index in [1.165, 1.54) is 50.3 Å². The maximum absolute atomic E-state index is 2.34. The summed E-state index contributed by atoms with van der Waals surface area (Å²) in [5.74, 6) is 0. The quantitative estimate of drug-likeness (QED) is 0.288. The van der Waals surface area contributed by atoms with Crippen LogP contribution in [0, 0.1) is 6.92 Å². The molecule has 5 aromatic rings. The van der Waals surface area contributed by atoms with Gasteiger partial charge in [0.25, 0.3) is 0 Å². The fourth-order valence-corrected chi connectivity index (χ4v) is 4.27. The van der Waals surface area contributed by atoms with E-state index < -0.39 is 0 Å². The number of benzene rings is 4. The Morgan fingerprint density at radius 1 is 0.484 bits per heavy atom. The predicted octanol–water partition coefficient (Wildman–Crippen LogP) is 8.00. The molecule has 0 aliphatic heterocycles. The molecule has 1 nitrogen and oxygen atoms in total. The molecule has 0 N–H and O–H groups in total. The van der Waals surface area contributed by atoms with E-state index in [9.17, 15) is 0 Å². The SMILES string of the molecule is Cc1ccc(-c2c(-c3ccccc3)cc(-c3ccccc3)cc2-c2ccccc2)n1C. The van der Waals surface area contributed by atoms with Gasteiger partial charge in [0.15, 0.2) is 0 Å². The topological polar surface area (TPSA) is 4.93 Å². The van der Waals surface area contributed by atoms with Crippen LogP contribution in [0.3, 0.4) is 0 Å². The first-order valence-corrected chi connectivity index (χ1v) is 10.7. The summed E-state index contributed by atoms with van der Waals surface area (Å²) in [4.78, 5) is 0. The molecular weight excluding hydrogens is 374 g/mol. The van der Waals surface area contributed by atoms with Crippen molar-refractivity contribution in [3.8, 4) is 44.6 Å². The van der Waals surface area contributed by atoms with Crippen molar-refractivity contribution in [1.29, 1.82) is 0 Å². The first kappa shape index (κ1) is 19.1. The van der Waals surface area contributed by atoms with Crippen LogP contribution in [0.5, 0.6) is 0 Å². The average molecular weight is 400 g/mol. The third-order valence-corrected chi connectivity index (χ3v) is 6.04. The molecule has 0 fully saturated rings. The van der Waals surface area contributed by atoms with Crippen molar-refractivity contribution in [3.63, 3.8) is 0 Å². The molecule has 1 heteroatoms. The minimum atomic E-state index is 1.23. The molecule has 0 saturated heterocycles. The molecule has 1 heterocycles. The Kier molecular flexibility index (Phi) is 5.01. The highest BCUT2D eigenvalue weighted by molar-refractivity contribution is 5.97. The van der Waals surface area contributed by atoms with Gasteiger partial charge in [0.1, 0.15) is 0 Å². The van der Waals surface area contributed by atoms with Crippen LogP contribution in [0.1, 0.15) is 5.69 Å². The van der Waals surface area contributed by atoms with Crippen LogP contribution in [0.2, 0.25) is 0 Å². The van der Waals surface area contributed by atoms with E-state index in [2.05, 4.69) is 134 Å². The van der Waals surface area contributed by atoms with Crippen molar-refractivity contribution in [3.05, 3.63) is 121 Å². The summed E-state index contributed by atoms with van der Waals surface area (Å²) in [5, 5.41) is 0. The Morgan fingerprint density at radius 2 is 0.935 bits per heavy atom. The molecule has 0 aliphatic carbocycles. The number of aryl methyl sites for hydroxylation is 1. The highest BCUT2D eigenvalue weighted by Crippen LogP contribution is 2.43. The molecule has 0 spiro atoms. The lowest BCUT2D eigenvalue weighted by Crippen LogP contribution is -1.98. The molecule has 0 saturated carbocycles. The molecule has 1 aromatic heterocycles. The largest absolute Gasteiger partial charge is 0.348 e. The van der Waals surface area contributed by atoms with E-state index in [0.29, 0.717) is 0 Å². The van der Waals surface area contributed by atoms with E-state index in [0.717, 1.165) is 0 Å². The van der Waals surface area contributed by atoms with Crippen molar-refractivity contribution in [2.24, 2.45) is 7.05 Å². The van der Waals surface area contributed by atoms with Crippen molar-refractivity contribution >= 4 is 0 Å². The second kappa shape index (κ2) is 8.12. The third-order valence-electron chi connectivity index (χ3n) is 6.04. The molecule has 5 rings (SSSR count). The van der Waals surface area contributed by atoms with Crippen LogP contribution < -0.4 is 0 Å². The Balaban J connectivity index is 1.90. The predicted molar refractivity (Wildman–Crippen MR) is 132 cm³/mol. The Hall–Kier alpha value is -3.84. The van der Waals surface area contributed by atoms with Crippen LogP contribution in [0.4, 0.5) is 0 Å². The summed E-state index contributed by atoms with van der Waals surface area (Å²) >= 11 is 0. The summed E-state index contributed by atoms with van der Waals surface area (Å²) in [6, 6.07) is 41.2. The highest BCUT2D eigenvalue weighted by atomic mass is 14.9. The van der Waals surface area contributed by atoms with Crippen molar-refractivity contribution in [2.75, 3.05) is 0 Å².